The third-order valence-electron chi connectivity index (χ3n) is 13.4. The molecule has 0 aromatic carbocycles. The van der Waals surface area contributed by atoms with Gasteiger partial charge in [0.1, 0.15) is 18.3 Å². The minimum atomic E-state index is -2.37. The molecule has 0 unspecified atom stereocenters. The van der Waals surface area contributed by atoms with Crippen LogP contribution in [0.5, 0.6) is 0 Å². The number of ketones is 2. The van der Waals surface area contributed by atoms with E-state index in [-0.39, 0.29) is 31.6 Å². The average molecular weight is 1070 g/mol. The van der Waals surface area contributed by atoms with Gasteiger partial charge in [0.2, 0.25) is 0 Å². The SMILES string of the molecule is CC(=O)[C@H](O)CC(=O)CNC(=O)N[C@H]1[C@@H]2C[C@@H](O[C@@H]3O[C@H](C)[C@@H](O)[C@H](N)[C@@H]3O)/C=C/C=C/C=C/C=C/C=C/C=C/C=C/[C@H](C)[C@@H](O)[C@@H](C)[C@H](C)OC(=O)C[C@H](O)C[C@H](O)CC[C@@H](O)[C@H](O)C[C@H](O)C[C@](O)(C[C@@H]1O)O2. The van der Waals surface area contributed by atoms with Crippen LogP contribution < -0.4 is 16.4 Å². The quantitative estimate of drug-likeness (QED) is 0.137. The summed E-state index contributed by atoms with van der Waals surface area (Å²) in [6.45, 7) is 7.19. The van der Waals surface area contributed by atoms with Gasteiger partial charge in [-0.05, 0) is 40.0 Å². The Kier molecular flexibility index (Phi) is 28.1. The average Bonchev–Trinajstić information content (AvgIpc) is 3.33. The van der Waals surface area contributed by atoms with Gasteiger partial charge >= 0.3 is 12.0 Å². The maximum absolute atomic E-state index is 13.2. The number of carbonyl (C=O) groups is 4. The number of Topliss-reactive ketones (excluding diaryl/α,β-unsaturated/α-hetero) is 2. The van der Waals surface area contributed by atoms with Crippen molar-refractivity contribution in [1.82, 2.24) is 10.6 Å². The minimum Gasteiger partial charge on any atom is -0.462 e. The van der Waals surface area contributed by atoms with E-state index in [4.69, 9.17) is 24.7 Å². The molecule has 0 saturated carbocycles. The van der Waals surface area contributed by atoms with Crippen LogP contribution in [0.2, 0.25) is 0 Å². The van der Waals surface area contributed by atoms with E-state index in [1.807, 2.05) is 13.0 Å². The highest BCUT2D eigenvalue weighted by atomic mass is 16.7. The maximum Gasteiger partial charge on any atom is 0.315 e. The smallest absolute Gasteiger partial charge is 0.315 e. The zero-order valence-corrected chi connectivity index (χ0v) is 43.4. The van der Waals surface area contributed by atoms with Gasteiger partial charge in [-0.2, -0.15) is 0 Å². The fourth-order valence-electron chi connectivity index (χ4n) is 8.65. The molecule has 3 rings (SSSR count). The molecule has 0 aromatic rings. The van der Waals surface area contributed by atoms with Gasteiger partial charge in [-0.3, -0.25) is 14.4 Å². The lowest BCUT2D eigenvalue weighted by molar-refractivity contribution is -0.303. The highest BCUT2D eigenvalue weighted by molar-refractivity contribution is 5.90. The van der Waals surface area contributed by atoms with Gasteiger partial charge in [-0.25, -0.2) is 4.79 Å². The Hall–Kier alpha value is -4.34. The standard InChI is InChI=1S/C53H83N3O19/c1-30-18-16-14-12-10-8-6-7-9-11-13-15-17-19-39(74-51-50(69)46(54)49(68)34(5)73-51)26-44-47(56-52(70)55-29-38(61)24-41(63)32(3)57)43(65)28-53(71,75-44)27-37(60)23-42(64)40(62)21-20-35(58)22-36(59)25-45(66)72-33(4)31(2)48(30)67/h6-19,30-31,33-37,39-44,46-51,58-60,62-65,67-69,71H,20-29,54H2,1-5H3,(H2,55,56,70)/b7-6+,10-8+,11-9+,14-12+,15-13+,18-16+,19-17+/t30-,31-,33-,34+,35+,36+,37-,39-,40+,41+,42+,43-,44-,46-,47+,48+,49+,50-,51-,53+/m0/s1. The van der Waals surface area contributed by atoms with Crippen LogP contribution in [0, 0.1) is 11.8 Å². The highest BCUT2D eigenvalue weighted by Crippen LogP contribution is 2.35. The number of fused-ring (bicyclic) bond motifs is 2. The van der Waals surface area contributed by atoms with Gasteiger partial charge in [-0.1, -0.05) is 98.9 Å². The molecule has 22 nitrogen and oxygen atoms in total. The van der Waals surface area contributed by atoms with Crippen LogP contribution >= 0.6 is 0 Å². The Labute approximate surface area is 438 Å². The highest BCUT2D eigenvalue weighted by Gasteiger charge is 2.49. The van der Waals surface area contributed by atoms with E-state index in [1.54, 1.807) is 86.8 Å². The first kappa shape index (κ1) is 64.9. The number of esters is 1. The van der Waals surface area contributed by atoms with Gasteiger partial charge in [0.05, 0.1) is 92.2 Å². The van der Waals surface area contributed by atoms with Crippen molar-refractivity contribution in [2.45, 2.75) is 202 Å². The van der Waals surface area contributed by atoms with E-state index in [0.717, 1.165) is 6.92 Å². The summed E-state index contributed by atoms with van der Waals surface area (Å²) >= 11 is 0. The van der Waals surface area contributed by atoms with E-state index < -0.39 is 178 Å². The van der Waals surface area contributed by atoms with Gasteiger partial charge < -0.3 is 91.5 Å². The molecule has 2 amide bonds. The summed E-state index contributed by atoms with van der Waals surface area (Å²) < 4.78 is 23.6. The van der Waals surface area contributed by atoms with Crippen molar-refractivity contribution in [3.8, 4) is 0 Å². The first-order valence-corrected chi connectivity index (χ1v) is 25.5. The topological polar surface area (TPSA) is 378 Å². The molecule has 2 saturated heterocycles. The van der Waals surface area contributed by atoms with Gasteiger partial charge in [0.25, 0.3) is 0 Å². The lowest BCUT2D eigenvalue weighted by atomic mass is 9.87. The number of hydrogen-bond donors (Lipinski definition) is 14. The number of nitrogens with two attached hydrogens (primary N) is 1. The third-order valence-corrected chi connectivity index (χ3v) is 13.4. The molecule has 3 heterocycles. The predicted molar refractivity (Wildman–Crippen MR) is 272 cm³/mol. The minimum absolute atomic E-state index is 0.135. The number of allylic oxidation sites excluding steroid dienone is 12. The molecule has 3 aliphatic rings. The van der Waals surface area contributed by atoms with Crippen LogP contribution in [-0.2, 0) is 33.3 Å². The summed E-state index contributed by atoms with van der Waals surface area (Å²) in [5, 5.41) is 125. The van der Waals surface area contributed by atoms with Crippen molar-refractivity contribution < 1.29 is 94.3 Å². The Balaban J connectivity index is 1.95. The molecule has 22 heteroatoms. The molecule has 2 bridgehead atoms. The summed E-state index contributed by atoms with van der Waals surface area (Å²) in [7, 11) is 0. The summed E-state index contributed by atoms with van der Waals surface area (Å²) in [5.41, 5.74) is 6.09. The molecule has 0 aliphatic carbocycles. The van der Waals surface area contributed by atoms with Crippen molar-refractivity contribution in [2.75, 3.05) is 6.54 Å². The van der Waals surface area contributed by atoms with Crippen LogP contribution in [0.1, 0.15) is 92.4 Å². The summed E-state index contributed by atoms with van der Waals surface area (Å²) in [6, 6.07) is -3.55. The van der Waals surface area contributed by atoms with E-state index in [9.17, 15) is 75.3 Å². The van der Waals surface area contributed by atoms with Crippen molar-refractivity contribution >= 4 is 23.6 Å². The fraction of sp³-hybridized carbons (Fsp3) is 0.660. The van der Waals surface area contributed by atoms with E-state index in [1.165, 1.54) is 13.0 Å². The number of carbonyl (C=O) groups excluding carboxylic acids is 4. The number of hydrogen-bond acceptors (Lipinski definition) is 20. The second-order valence-corrected chi connectivity index (χ2v) is 19.9. The molecular weight excluding hydrogens is 983 g/mol. The number of amides is 2. The Bertz CT molecular complexity index is 2000. The van der Waals surface area contributed by atoms with Crippen molar-refractivity contribution in [3.63, 3.8) is 0 Å². The molecule has 15 N–H and O–H groups in total. The Morgan fingerprint density at radius 3 is 1.91 bits per heavy atom. The van der Waals surface area contributed by atoms with E-state index in [2.05, 4.69) is 10.6 Å². The predicted octanol–water partition coefficient (Wildman–Crippen LogP) is -0.412. The normalized spacial score (nSPS) is 41.3. The Morgan fingerprint density at radius 1 is 0.720 bits per heavy atom. The van der Waals surface area contributed by atoms with Crippen LogP contribution in [0.25, 0.3) is 0 Å². The molecule has 20 atom stereocenters. The zero-order valence-electron chi connectivity index (χ0n) is 43.4. The zero-order chi connectivity index (χ0) is 56.0. The monoisotopic (exact) mass is 1070 g/mol. The third kappa shape index (κ3) is 23.0. The molecule has 3 aliphatic heterocycles. The van der Waals surface area contributed by atoms with Crippen LogP contribution in [0.15, 0.2) is 85.1 Å². The van der Waals surface area contributed by atoms with E-state index in [0.29, 0.717) is 0 Å². The molecule has 0 aromatic heterocycles. The number of aliphatic hydroxyl groups is 11. The number of nitrogens with one attached hydrogen (secondary N) is 2. The molecule has 2 fully saturated rings. The van der Waals surface area contributed by atoms with Gasteiger partial charge in [0.15, 0.2) is 23.6 Å². The summed E-state index contributed by atoms with van der Waals surface area (Å²) in [6.07, 6.45) is 0.757. The fourth-order valence-corrected chi connectivity index (χ4v) is 8.65. The second-order valence-electron chi connectivity index (χ2n) is 19.9. The molecule has 75 heavy (non-hydrogen) atoms. The number of urea groups is 1. The van der Waals surface area contributed by atoms with E-state index >= 15 is 0 Å². The molecule has 0 radical (unpaired) electrons. The Morgan fingerprint density at radius 2 is 1.31 bits per heavy atom. The van der Waals surface area contributed by atoms with Crippen LogP contribution in [0.4, 0.5) is 4.79 Å². The largest absolute Gasteiger partial charge is 0.462 e. The van der Waals surface area contributed by atoms with Crippen molar-refractivity contribution in [3.05, 3.63) is 85.1 Å². The molecule has 424 valence electrons. The number of rotatable bonds is 8. The van der Waals surface area contributed by atoms with Crippen molar-refractivity contribution in [1.29, 1.82) is 0 Å². The second kappa shape index (κ2) is 32.4. The maximum atomic E-state index is 13.2. The van der Waals surface area contributed by atoms with Gasteiger partial charge in [-0.15, -0.1) is 0 Å². The first-order chi connectivity index (χ1) is 35.3. The van der Waals surface area contributed by atoms with Crippen molar-refractivity contribution in [2.24, 2.45) is 17.6 Å². The van der Waals surface area contributed by atoms with Crippen LogP contribution in [-0.4, -0.2) is 196 Å². The number of ether oxygens (including phenoxy) is 4. The number of cyclic esters (lactones) is 1. The first-order valence-electron chi connectivity index (χ1n) is 25.5. The lowest BCUT2D eigenvalue weighted by Gasteiger charge is -2.46. The summed E-state index contributed by atoms with van der Waals surface area (Å²) in [4.78, 5) is 49.8. The summed E-state index contributed by atoms with van der Waals surface area (Å²) in [5.74, 6) is -5.23. The molecular formula is C53H83N3O19. The number of aliphatic hydroxyl groups excluding tert-OH is 10. The molecule has 0 spiro atoms. The lowest BCUT2D eigenvalue weighted by Crippen LogP contribution is -2.64. The van der Waals surface area contributed by atoms with Crippen LogP contribution in [0.3, 0.4) is 0 Å². The van der Waals surface area contributed by atoms with Gasteiger partial charge in [0, 0.05) is 43.9 Å².